The molecule has 18 heavy (non-hydrogen) atoms. The molecule has 0 aromatic heterocycles. The summed E-state index contributed by atoms with van der Waals surface area (Å²) in [6.45, 7) is 10.5. The largest absolute Gasteiger partial charge is 0.444 e. The molecule has 0 spiro atoms. The van der Waals surface area contributed by atoms with Crippen LogP contribution in [0.3, 0.4) is 0 Å². The lowest BCUT2D eigenvalue weighted by molar-refractivity contribution is -0.121. The van der Waals surface area contributed by atoms with Crippen molar-refractivity contribution in [2.75, 3.05) is 13.1 Å². The lowest BCUT2D eigenvalue weighted by Crippen LogP contribution is -2.35. The second-order valence-electron chi connectivity index (χ2n) is 5.50. The third kappa shape index (κ3) is 9.93. The van der Waals surface area contributed by atoms with Crippen molar-refractivity contribution in [2.24, 2.45) is 5.92 Å². The maximum atomic E-state index is 11.4. The third-order valence-electron chi connectivity index (χ3n) is 2.36. The molecule has 0 aromatic carbocycles. The van der Waals surface area contributed by atoms with E-state index in [0.717, 1.165) is 6.42 Å². The summed E-state index contributed by atoms with van der Waals surface area (Å²) in [6.07, 6.45) is 0.823. The first-order valence-electron chi connectivity index (χ1n) is 6.48. The normalized spacial score (nSPS) is 12.7. The number of hydrogen-bond acceptors (Lipinski definition) is 3. The van der Waals surface area contributed by atoms with Crippen molar-refractivity contribution >= 4 is 12.0 Å². The molecular weight excluding hydrogens is 232 g/mol. The van der Waals surface area contributed by atoms with Gasteiger partial charge in [0.05, 0.1) is 0 Å². The molecule has 0 aliphatic rings. The van der Waals surface area contributed by atoms with Crippen molar-refractivity contribution in [2.45, 2.75) is 53.1 Å². The summed E-state index contributed by atoms with van der Waals surface area (Å²) in [6, 6.07) is 0. The Hall–Kier alpha value is -1.26. The van der Waals surface area contributed by atoms with E-state index >= 15 is 0 Å². The quantitative estimate of drug-likeness (QED) is 0.766. The second-order valence-corrected chi connectivity index (χ2v) is 5.50. The molecule has 0 saturated heterocycles. The Balaban J connectivity index is 3.65. The Kier molecular flexibility index (Phi) is 7.39. The van der Waals surface area contributed by atoms with E-state index in [2.05, 4.69) is 24.5 Å². The lowest BCUT2D eigenvalue weighted by atomic mass is 10.1. The summed E-state index contributed by atoms with van der Waals surface area (Å²) in [7, 11) is 0. The highest BCUT2D eigenvalue weighted by Gasteiger charge is 2.15. The first-order chi connectivity index (χ1) is 8.24. The molecule has 5 nitrogen and oxygen atoms in total. The van der Waals surface area contributed by atoms with Crippen LogP contribution in [0.5, 0.6) is 0 Å². The van der Waals surface area contributed by atoms with Crippen LogP contribution in [0.15, 0.2) is 0 Å². The fraction of sp³-hybridized carbons (Fsp3) is 0.846. The van der Waals surface area contributed by atoms with Crippen molar-refractivity contribution in [1.29, 1.82) is 0 Å². The van der Waals surface area contributed by atoms with E-state index in [1.807, 2.05) is 0 Å². The molecule has 0 bridgehead atoms. The first kappa shape index (κ1) is 16.7. The Bertz CT molecular complexity index is 272. The monoisotopic (exact) mass is 258 g/mol. The van der Waals surface area contributed by atoms with Gasteiger partial charge >= 0.3 is 6.09 Å². The minimum Gasteiger partial charge on any atom is -0.444 e. The maximum absolute atomic E-state index is 11.4. The number of alkyl carbamates (subject to hydrolysis) is 1. The number of carbonyl (C=O) groups excluding carboxylic acids is 2. The second kappa shape index (κ2) is 7.95. The molecule has 2 amide bonds. The molecule has 1 unspecified atom stereocenters. The van der Waals surface area contributed by atoms with E-state index in [9.17, 15) is 9.59 Å². The van der Waals surface area contributed by atoms with Crippen LogP contribution in [0.25, 0.3) is 0 Å². The molecule has 2 N–H and O–H groups in total. The molecule has 0 radical (unpaired) electrons. The minimum atomic E-state index is -0.511. The number of nitrogens with one attached hydrogen (secondary N) is 2. The van der Waals surface area contributed by atoms with E-state index in [1.54, 1.807) is 20.8 Å². The molecular formula is C13H26N2O3. The molecule has 0 aliphatic carbocycles. The zero-order valence-corrected chi connectivity index (χ0v) is 12.1. The van der Waals surface area contributed by atoms with Gasteiger partial charge in [0.25, 0.3) is 0 Å². The van der Waals surface area contributed by atoms with Gasteiger partial charge in [-0.2, -0.15) is 0 Å². The van der Waals surface area contributed by atoms with Crippen LogP contribution < -0.4 is 10.6 Å². The van der Waals surface area contributed by atoms with Gasteiger partial charge in [-0.25, -0.2) is 4.79 Å². The number of amides is 2. The van der Waals surface area contributed by atoms with Crippen LogP contribution in [0.1, 0.15) is 47.5 Å². The Morgan fingerprint density at radius 1 is 1.22 bits per heavy atom. The summed E-state index contributed by atoms with van der Waals surface area (Å²) in [5.74, 6) is 0.430. The van der Waals surface area contributed by atoms with E-state index in [1.165, 1.54) is 0 Å². The summed E-state index contributed by atoms with van der Waals surface area (Å²) in [4.78, 5) is 22.7. The predicted molar refractivity (Wildman–Crippen MR) is 71.3 cm³/mol. The number of carbonyl (C=O) groups is 2. The molecule has 0 heterocycles. The van der Waals surface area contributed by atoms with Crippen LogP contribution in [0.2, 0.25) is 0 Å². The number of ether oxygens (including phenoxy) is 1. The third-order valence-corrected chi connectivity index (χ3v) is 2.36. The molecule has 0 fully saturated rings. The van der Waals surface area contributed by atoms with Gasteiger partial charge in [-0.1, -0.05) is 20.3 Å². The van der Waals surface area contributed by atoms with Crippen molar-refractivity contribution in [3.05, 3.63) is 0 Å². The van der Waals surface area contributed by atoms with Crippen LogP contribution in [-0.2, 0) is 9.53 Å². The minimum absolute atomic E-state index is 0.0497. The zero-order valence-electron chi connectivity index (χ0n) is 12.1. The molecule has 106 valence electrons. The topological polar surface area (TPSA) is 67.4 Å². The molecule has 0 aromatic rings. The van der Waals surface area contributed by atoms with Gasteiger partial charge in [-0.05, 0) is 26.7 Å². The van der Waals surface area contributed by atoms with Gasteiger partial charge in [-0.3, -0.25) is 4.79 Å². The Labute approximate surface area is 110 Å². The van der Waals surface area contributed by atoms with Crippen LogP contribution >= 0.6 is 0 Å². The molecule has 0 saturated carbocycles. The maximum Gasteiger partial charge on any atom is 0.407 e. The Morgan fingerprint density at radius 3 is 2.33 bits per heavy atom. The van der Waals surface area contributed by atoms with Gasteiger partial charge in [0.2, 0.25) is 5.91 Å². The fourth-order valence-electron chi connectivity index (χ4n) is 1.11. The highest BCUT2D eigenvalue weighted by Crippen LogP contribution is 2.06. The van der Waals surface area contributed by atoms with Gasteiger partial charge in [0.15, 0.2) is 0 Å². The van der Waals surface area contributed by atoms with E-state index in [4.69, 9.17) is 4.74 Å². The molecule has 5 heteroatoms. The lowest BCUT2D eigenvalue weighted by Gasteiger charge is -2.19. The summed E-state index contributed by atoms with van der Waals surface area (Å²) >= 11 is 0. The predicted octanol–water partition coefficient (Wildman–Crippen LogP) is 2.06. The van der Waals surface area contributed by atoms with Gasteiger partial charge in [-0.15, -0.1) is 0 Å². The van der Waals surface area contributed by atoms with E-state index < -0.39 is 11.7 Å². The van der Waals surface area contributed by atoms with Crippen molar-refractivity contribution < 1.29 is 14.3 Å². The van der Waals surface area contributed by atoms with Gasteiger partial charge in [0.1, 0.15) is 5.60 Å². The first-order valence-corrected chi connectivity index (χ1v) is 6.48. The van der Waals surface area contributed by atoms with Crippen LogP contribution in [0.4, 0.5) is 4.79 Å². The average Bonchev–Trinajstić information content (AvgIpc) is 2.23. The van der Waals surface area contributed by atoms with E-state index in [0.29, 0.717) is 19.0 Å². The van der Waals surface area contributed by atoms with Crippen LogP contribution in [-0.4, -0.2) is 30.7 Å². The number of hydrogen-bond donors (Lipinski definition) is 2. The number of rotatable bonds is 6. The van der Waals surface area contributed by atoms with Crippen molar-refractivity contribution in [1.82, 2.24) is 10.6 Å². The van der Waals surface area contributed by atoms with Crippen molar-refractivity contribution in [3.8, 4) is 0 Å². The van der Waals surface area contributed by atoms with Crippen molar-refractivity contribution in [3.63, 3.8) is 0 Å². The summed E-state index contributed by atoms with van der Waals surface area (Å²) < 4.78 is 5.05. The molecule has 0 aliphatic heterocycles. The smallest absolute Gasteiger partial charge is 0.407 e. The van der Waals surface area contributed by atoms with Gasteiger partial charge in [0, 0.05) is 19.5 Å². The zero-order chi connectivity index (χ0) is 14.2. The summed E-state index contributed by atoms with van der Waals surface area (Å²) in [5, 5.41) is 5.37. The fourth-order valence-corrected chi connectivity index (χ4v) is 1.11. The summed E-state index contributed by atoms with van der Waals surface area (Å²) in [5.41, 5.74) is -0.511. The molecule has 0 rings (SSSR count). The Morgan fingerprint density at radius 2 is 1.83 bits per heavy atom. The van der Waals surface area contributed by atoms with Crippen LogP contribution in [0, 0.1) is 5.92 Å². The SMILES string of the molecule is CCC(C)CNC(=O)CCNC(=O)OC(C)(C)C. The molecule has 1 atom stereocenters. The van der Waals surface area contributed by atoms with Gasteiger partial charge < -0.3 is 15.4 Å². The van der Waals surface area contributed by atoms with E-state index in [-0.39, 0.29) is 12.3 Å². The highest BCUT2D eigenvalue weighted by molar-refractivity contribution is 5.77. The average molecular weight is 258 g/mol. The highest BCUT2D eigenvalue weighted by atomic mass is 16.6. The standard InChI is InChI=1S/C13H26N2O3/c1-6-10(2)9-15-11(16)7-8-14-12(17)18-13(3,4)5/h10H,6-9H2,1-5H3,(H,14,17)(H,15,16).